The Morgan fingerprint density at radius 3 is 2.44 bits per heavy atom. The Morgan fingerprint density at radius 1 is 1.33 bits per heavy atom. The molecule has 1 amide bonds. The highest BCUT2D eigenvalue weighted by Gasteiger charge is 2.33. The molecule has 4 nitrogen and oxygen atoms in total. The van der Waals surface area contributed by atoms with E-state index < -0.39 is 11.9 Å². The monoisotopic (exact) mass is 247 g/mol. The fraction of sp³-hybridized carbons (Fsp3) is 0.429. The summed E-state index contributed by atoms with van der Waals surface area (Å²) in [7, 11) is 0. The average Bonchev–Trinajstić information content (AvgIpc) is 2.59. The van der Waals surface area contributed by atoms with Crippen molar-refractivity contribution in [2.75, 3.05) is 6.54 Å². The zero-order chi connectivity index (χ0) is 13.3. The lowest BCUT2D eigenvalue weighted by atomic mass is 10.1. The second kappa shape index (κ2) is 4.80. The van der Waals surface area contributed by atoms with Crippen LogP contribution in [0.3, 0.4) is 0 Å². The molecule has 0 spiro atoms. The first-order chi connectivity index (χ1) is 8.45. The molecule has 2 rings (SSSR count). The minimum Gasteiger partial charge on any atom is -0.481 e. The molecule has 0 aliphatic carbocycles. The number of aryl methyl sites for hydroxylation is 2. The van der Waals surface area contributed by atoms with Crippen LogP contribution in [-0.2, 0) is 16.1 Å². The third-order valence-corrected chi connectivity index (χ3v) is 3.22. The first-order valence-electron chi connectivity index (χ1n) is 6.03. The molecule has 1 aliphatic heterocycles. The number of nitrogens with zero attached hydrogens (tertiary/aromatic N) is 1. The summed E-state index contributed by atoms with van der Waals surface area (Å²) in [5, 5.41) is 8.92. The molecule has 96 valence electrons. The molecule has 1 unspecified atom stereocenters. The van der Waals surface area contributed by atoms with E-state index in [0.29, 0.717) is 13.1 Å². The van der Waals surface area contributed by atoms with E-state index in [1.807, 2.05) is 26.0 Å². The van der Waals surface area contributed by atoms with Gasteiger partial charge < -0.3 is 10.0 Å². The summed E-state index contributed by atoms with van der Waals surface area (Å²) in [6, 6.07) is 6.15. The molecule has 4 heteroatoms. The van der Waals surface area contributed by atoms with Crippen molar-refractivity contribution in [2.45, 2.75) is 26.8 Å². The summed E-state index contributed by atoms with van der Waals surface area (Å²) in [6.45, 7) is 4.86. The van der Waals surface area contributed by atoms with Crippen molar-refractivity contribution in [3.05, 3.63) is 34.9 Å². The van der Waals surface area contributed by atoms with Crippen LogP contribution < -0.4 is 0 Å². The smallest absolute Gasteiger partial charge is 0.308 e. The van der Waals surface area contributed by atoms with Crippen molar-refractivity contribution in [3.63, 3.8) is 0 Å². The summed E-state index contributed by atoms with van der Waals surface area (Å²) in [5.41, 5.74) is 3.38. The number of aliphatic carboxylic acids is 1. The first kappa shape index (κ1) is 12.6. The summed E-state index contributed by atoms with van der Waals surface area (Å²) < 4.78 is 0. The quantitative estimate of drug-likeness (QED) is 0.885. The van der Waals surface area contributed by atoms with Crippen LogP contribution in [0.2, 0.25) is 0 Å². The fourth-order valence-electron chi connectivity index (χ4n) is 2.47. The third kappa shape index (κ3) is 2.70. The number of hydrogen-bond acceptors (Lipinski definition) is 2. The van der Waals surface area contributed by atoms with Crippen LogP contribution in [0.15, 0.2) is 18.2 Å². The van der Waals surface area contributed by atoms with Gasteiger partial charge in [-0.3, -0.25) is 9.59 Å². The highest BCUT2D eigenvalue weighted by molar-refractivity contribution is 5.86. The SMILES string of the molecule is Cc1cc(C)cc(CN2CC(C(=O)O)CC2=O)c1. The van der Waals surface area contributed by atoms with Crippen molar-refractivity contribution in [3.8, 4) is 0 Å². The molecule has 1 atom stereocenters. The van der Waals surface area contributed by atoms with Crippen LogP contribution in [-0.4, -0.2) is 28.4 Å². The van der Waals surface area contributed by atoms with Gasteiger partial charge in [0.05, 0.1) is 5.92 Å². The van der Waals surface area contributed by atoms with Gasteiger partial charge >= 0.3 is 5.97 Å². The number of rotatable bonds is 3. The van der Waals surface area contributed by atoms with E-state index in [1.165, 1.54) is 0 Å². The molecule has 1 aromatic carbocycles. The van der Waals surface area contributed by atoms with Gasteiger partial charge in [0.15, 0.2) is 0 Å². The van der Waals surface area contributed by atoms with E-state index in [0.717, 1.165) is 16.7 Å². The summed E-state index contributed by atoms with van der Waals surface area (Å²) in [5.74, 6) is -1.50. The molecule has 1 aliphatic rings. The largest absolute Gasteiger partial charge is 0.481 e. The predicted molar refractivity (Wildman–Crippen MR) is 67.1 cm³/mol. The maximum Gasteiger partial charge on any atom is 0.308 e. The predicted octanol–water partition coefficient (Wildman–Crippen LogP) is 1.74. The van der Waals surface area contributed by atoms with Crippen molar-refractivity contribution in [1.82, 2.24) is 4.90 Å². The van der Waals surface area contributed by atoms with Gasteiger partial charge in [0, 0.05) is 19.5 Å². The van der Waals surface area contributed by atoms with Gasteiger partial charge in [-0.05, 0) is 19.4 Å². The van der Waals surface area contributed by atoms with Crippen LogP contribution >= 0.6 is 0 Å². The molecule has 1 fully saturated rings. The number of carboxylic acids is 1. The molecular formula is C14H17NO3. The maximum absolute atomic E-state index is 11.7. The summed E-state index contributed by atoms with van der Waals surface area (Å²) in [6.07, 6.45) is 0.125. The molecule has 1 N–H and O–H groups in total. The standard InChI is InChI=1S/C14H17NO3/c1-9-3-10(2)5-11(4-9)7-15-8-12(14(17)18)6-13(15)16/h3-5,12H,6-8H2,1-2H3,(H,17,18). The van der Waals surface area contributed by atoms with Gasteiger partial charge in [-0.25, -0.2) is 0 Å². The molecule has 0 radical (unpaired) electrons. The van der Waals surface area contributed by atoms with Gasteiger partial charge in [0.25, 0.3) is 0 Å². The minimum atomic E-state index is -0.883. The van der Waals surface area contributed by atoms with Gasteiger partial charge in [-0.15, -0.1) is 0 Å². The van der Waals surface area contributed by atoms with E-state index in [-0.39, 0.29) is 12.3 Å². The lowest BCUT2D eigenvalue weighted by Crippen LogP contribution is -2.25. The van der Waals surface area contributed by atoms with E-state index in [2.05, 4.69) is 6.07 Å². The Hall–Kier alpha value is -1.84. The molecule has 0 bridgehead atoms. The van der Waals surface area contributed by atoms with Crippen LogP contribution in [0.1, 0.15) is 23.1 Å². The average molecular weight is 247 g/mol. The second-order valence-electron chi connectivity index (χ2n) is 5.01. The van der Waals surface area contributed by atoms with E-state index in [4.69, 9.17) is 5.11 Å². The van der Waals surface area contributed by atoms with Gasteiger partial charge in [-0.2, -0.15) is 0 Å². The Morgan fingerprint density at radius 2 is 1.94 bits per heavy atom. The molecule has 18 heavy (non-hydrogen) atoms. The highest BCUT2D eigenvalue weighted by Crippen LogP contribution is 2.21. The van der Waals surface area contributed by atoms with Gasteiger partial charge in [0.1, 0.15) is 0 Å². The van der Waals surface area contributed by atoms with E-state index in [1.54, 1.807) is 4.90 Å². The number of benzene rings is 1. The molecule has 1 heterocycles. The van der Waals surface area contributed by atoms with Crippen LogP contribution in [0.25, 0.3) is 0 Å². The number of likely N-dealkylation sites (tertiary alicyclic amines) is 1. The lowest BCUT2D eigenvalue weighted by molar-refractivity contribution is -0.141. The van der Waals surface area contributed by atoms with E-state index >= 15 is 0 Å². The van der Waals surface area contributed by atoms with Crippen molar-refractivity contribution < 1.29 is 14.7 Å². The maximum atomic E-state index is 11.7. The molecule has 0 aromatic heterocycles. The third-order valence-electron chi connectivity index (χ3n) is 3.22. The number of carbonyl (C=O) groups is 2. The Balaban J connectivity index is 2.10. The lowest BCUT2D eigenvalue weighted by Gasteiger charge is -2.16. The minimum absolute atomic E-state index is 0.0680. The Kier molecular flexibility index (Phi) is 3.36. The van der Waals surface area contributed by atoms with Crippen LogP contribution in [0.4, 0.5) is 0 Å². The molecule has 0 saturated carbocycles. The normalized spacial score (nSPS) is 19.3. The zero-order valence-electron chi connectivity index (χ0n) is 10.6. The fourth-order valence-corrected chi connectivity index (χ4v) is 2.47. The first-order valence-corrected chi connectivity index (χ1v) is 6.03. The van der Waals surface area contributed by atoms with Crippen molar-refractivity contribution in [1.29, 1.82) is 0 Å². The van der Waals surface area contributed by atoms with Crippen molar-refractivity contribution in [2.24, 2.45) is 5.92 Å². The van der Waals surface area contributed by atoms with Gasteiger partial charge in [-0.1, -0.05) is 29.3 Å². The Labute approximate surface area is 106 Å². The van der Waals surface area contributed by atoms with Gasteiger partial charge in [0.2, 0.25) is 5.91 Å². The Bertz CT molecular complexity index is 476. The highest BCUT2D eigenvalue weighted by atomic mass is 16.4. The molecule has 1 saturated heterocycles. The summed E-state index contributed by atoms with van der Waals surface area (Å²) in [4.78, 5) is 24.2. The van der Waals surface area contributed by atoms with Crippen molar-refractivity contribution >= 4 is 11.9 Å². The zero-order valence-corrected chi connectivity index (χ0v) is 10.6. The molecular weight excluding hydrogens is 230 g/mol. The van der Waals surface area contributed by atoms with Crippen LogP contribution in [0.5, 0.6) is 0 Å². The molecule has 1 aromatic rings. The second-order valence-corrected chi connectivity index (χ2v) is 5.01. The van der Waals surface area contributed by atoms with Crippen LogP contribution in [0, 0.1) is 19.8 Å². The number of amides is 1. The number of carbonyl (C=O) groups excluding carboxylic acids is 1. The number of carboxylic acid groups (broad SMARTS) is 1. The number of hydrogen-bond donors (Lipinski definition) is 1. The topological polar surface area (TPSA) is 57.6 Å². The van der Waals surface area contributed by atoms with E-state index in [9.17, 15) is 9.59 Å². The summed E-state index contributed by atoms with van der Waals surface area (Å²) >= 11 is 0.